The summed E-state index contributed by atoms with van der Waals surface area (Å²) >= 11 is 0. The maximum Gasteiger partial charge on any atom is 0.416 e. The summed E-state index contributed by atoms with van der Waals surface area (Å²) < 4.78 is 38.7. The zero-order chi connectivity index (χ0) is 13.3. The molecule has 0 unspecified atom stereocenters. The Morgan fingerprint density at radius 3 is 2.78 bits per heavy atom. The summed E-state index contributed by atoms with van der Waals surface area (Å²) in [4.78, 5) is 14.1. The first-order valence-corrected chi connectivity index (χ1v) is 4.83. The second-order valence-electron chi connectivity index (χ2n) is 3.50. The standard InChI is InChI=1S/C11H7F3N2O2/c12-11(13,14)7-3-4-16-8(1-2-10(17)18)6-15-9(16)5-7/h1-6H,(H,17,18)/b2-1+. The molecule has 94 valence electrons. The number of fused-ring (bicyclic) bond motifs is 1. The fourth-order valence-corrected chi connectivity index (χ4v) is 1.46. The fraction of sp³-hybridized carbons (Fsp3) is 0.0909. The van der Waals surface area contributed by atoms with E-state index in [9.17, 15) is 18.0 Å². The molecular formula is C11H7F3N2O2. The lowest BCUT2D eigenvalue weighted by atomic mass is 10.2. The van der Waals surface area contributed by atoms with Crippen molar-refractivity contribution in [2.75, 3.05) is 0 Å². The van der Waals surface area contributed by atoms with Crippen molar-refractivity contribution in [2.24, 2.45) is 0 Å². The largest absolute Gasteiger partial charge is 0.478 e. The molecule has 0 bridgehead atoms. The quantitative estimate of drug-likeness (QED) is 0.839. The lowest BCUT2D eigenvalue weighted by molar-refractivity contribution is -0.137. The molecule has 2 rings (SSSR count). The highest BCUT2D eigenvalue weighted by Gasteiger charge is 2.30. The van der Waals surface area contributed by atoms with Crippen molar-refractivity contribution in [2.45, 2.75) is 6.18 Å². The van der Waals surface area contributed by atoms with Crippen LogP contribution in [0.5, 0.6) is 0 Å². The summed E-state index contributed by atoms with van der Waals surface area (Å²) in [6.45, 7) is 0. The Bertz CT molecular complexity index is 629. The molecule has 2 heterocycles. The van der Waals surface area contributed by atoms with Gasteiger partial charge in [0.25, 0.3) is 0 Å². The van der Waals surface area contributed by atoms with Crippen LogP contribution in [0.1, 0.15) is 11.3 Å². The number of hydrogen-bond acceptors (Lipinski definition) is 2. The van der Waals surface area contributed by atoms with E-state index in [-0.39, 0.29) is 5.65 Å². The van der Waals surface area contributed by atoms with Gasteiger partial charge in [0.1, 0.15) is 5.65 Å². The van der Waals surface area contributed by atoms with Gasteiger partial charge >= 0.3 is 12.1 Å². The fourth-order valence-electron chi connectivity index (χ4n) is 1.46. The van der Waals surface area contributed by atoms with Crippen LogP contribution in [-0.2, 0) is 11.0 Å². The van der Waals surface area contributed by atoms with Crippen molar-refractivity contribution in [1.29, 1.82) is 0 Å². The van der Waals surface area contributed by atoms with E-state index in [2.05, 4.69) is 4.98 Å². The zero-order valence-corrected chi connectivity index (χ0v) is 8.85. The maximum absolute atomic E-state index is 12.4. The molecule has 18 heavy (non-hydrogen) atoms. The van der Waals surface area contributed by atoms with Crippen LogP contribution < -0.4 is 0 Å². The van der Waals surface area contributed by atoms with Gasteiger partial charge in [-0.3, -0.25) is 0 Å². The maximum atomic E-state index is 12.4. The van der Waals surface area contributed by atoms with Crippen molar-refractivity contribution in [3.63, 3.8) is 0 Å². The topological polar surface area (TPSA) is 54.6 Å². The van der Waals surface area contributed by atoms with Gasteiger partial charge in [-0.05, 0) is 18.2 Å². The highest BCUT2D eigenvalue weighted by Crippen LogP contribution is 2.29. The van der Waals surface area contributed by atoms with E-state index in [0.29, 0.717) is 5.69 Å². The van der Waals surface area contributed by atoms with Gasteiger partial charge in [-0.15, -0.1) is 0 Å². The molecule has 0 aliphatic rings. The summed E-state index contributed by atoms with van der Waals surface area (Å²) in [5.74, 6) is -1.14. The summed E-state index contributed by atoms with van der Waals surface area (Å²) in [7, 11) is 0. The van der Waals surface area contributed by atoms with Crippen LogP contribution in [0.15, 0.2) is 30.6 Å². The number of halogens is 3. The summed E-state index contributed by atoms with van der Waals surface area (Å²) in [6.07, 6.45) is 0.225. The molecule has 0 radical (unpaired) electrons. The van der Waals surface area contributed by atoms with E-state index in [1.807, 2.05) is 0 Å². The highest BCUT2D eigenvalue weighted by molar-refractivity contribution is 5.85. The third-order valence-electron chi connectivity index (χ3n) is 2.27. The normalized spacial score (nSPS) is 12.4. The molecule has 7 heteroatoms. The van der Waals surface area contributed by atoms with Crippen molar-refractivity contribution >= 4 is 17.7 Å². The lowest BCUT2D eigenvalue weighted by Gasteiger charge is -2.06. The van der Waals surface area contributed by atoms with E-state index >= 15 is 0 Å². The Labute approximate surface area is 99.0 Å². The highest BCUT2D eigenvalue weighted by atomic mass is 19.4. The number of aromatic nitrogens is 2. The number of nitrogens with zero attached hydrogens (tertiary/aromatic N) is 2. The van der Waals surface area contributed by atoms with Gasteiger partial charge < -0.3 is 9.51 Å². The SMILES string of the molecule is O=C(O)/C=C/c1cnc2cc(C(F)(F)F)ccn12. The molecule has 0 aliphatic carbocycles. The van der Waals surface area contributed by atoms with E-state index in [1.54, 1.807) is 0 Å². The lowest BCUT2D eigenvalue weighted by Crippen LogP contribution is -2.05. The number of aliphatic carboxylic acids is 1. The van der Waals surface area contributed by atoms with Crippen molar-refractivity contribution in [3.05, 3.63) is 41.9 Å². The van der Waals surface area contributed by atoms with Crippen LogP contribution in [0.3, 0.4) is 0 Å². The smallest absolute Gasteiger partial charge is 0.416 e. The zero-order valence-electron chi connectivity index (χ0n) is 8.85. The summed E-state index contributed by atoms with van der Waals surface area (Å²) in [6, 6.07) is 1.81. The minimum Gasteiger partial charge on any atom is -0.478 e. The third kappa shape index (κ3) is 2.34. The molecule has 0 fully saturated rings. The predicted molar refractivity (Wildman–Crippen MR) is 56.9 cm³/mol. The molecule has 0 saturated heterocycles. The molecule has 0 spiro atoms. The first-order chi connectivity index (χ1) is 8.38. The van der Waals surface area contributed by atoms with Gasteiger partial charge in [-0.25, -0.2) is 9.78 Å². The molecule has 0 amide bonds. The molecule has 0 aromatic carbocycles. The van der Waals surface area contributed by atoms with Gasteiger partial charge in [-0.1, -0.05) is 0 Å². The van der Waals surface area contributed by atoms with Crippen LogP contribution in [0, 0.1) is 0 Å². The van der Waals surface area contributed by atoms with Gasteiger partial charge in [0.2, 0.25) is 0 Å². The molecule has 0 aliphatic heterocycles. The van der Waals surface area contributed by atoms with Gasteiger partial charge in [-0.2, -0.15) is 13.2 Å². The number of rotatable bonds is 2. The molecule has 4 nitrogen and oxygen atoms in total. The number of carboxylic acid groups (broad SMARTS) is 1. The first kappa shape index (κ1) is 12.2. The van der Waals surface area contributed by atoms with Gasteiger partial charge in [0.05, 0.1) is 17.5 Å². The second-order valence-corrected chi connectivity index (χ2v) is 3.50. The molecule has 2 aromatic rings. The summed E-state index contributed by atoms with van der Waals surface area (Å²) in [5.41, 5.74) is -0.301. The molecular weight excluding hydrogens is 249 g/mol. The Morgan fingerprint density at radius 1 is 1.44 bits per heavy atom. The monoisotopic (exact) mass is 256 g/mol. The molecule has 2 aromatic heterocycles. The van der Waals surface area contributed by atoms with Gasteiger partial charge in [0, 0.05) is 12.3 Å². The van der Waals surface area contributed by atoms with Crippen LogP contribution in [0.4, 0.5) is 13.2 Å². The van der Waals surface area contributed by atoms with Crippen LogP contribution >= 0.6 is 0 Å². The van der Waals surface area contributed by atoms with Crippen LogP contribution in [-0.4, -0.2) is 20.5 Å². The Balaban J connectivity index is 2.47. The Morgan fingerprint density at radius 2 is 2.17 bits per heavy atom. The first-order valence-electron chi connectivity index (χ1n) is 4.83. The van der Waals surface area contributed by atoms with Crippen LogP contribution in [0.2, 0.25) is 0 Å². The van der Waals surface area contributed by atoms with Crippen molar-refractivity contribution in [1.82, 2.24) is 9.38 Å². The number of pyridine rings is 1. The molecule has 1 N–H and O–H groups in total. The number of carbonyl (C=O) groups is 1. The van der Waals surface area contributed by atoms with E-state index in [4.69, 9.17) is 5.11 Å². The van der Waals surface area contributed by atoms with E-state index < -0.39 is 17.7 Å². The number of alkyl halides is 3. The Hall–Kier alpha value is -2.31. The minimum absolute atomic E-state index is 0.106. The van der Waals surface area contributed by atoms with Crippen molar-refractivity contribution < 1.29 is 23.1 Å². The van der Waals surface area contributed by atoms with E-state index in [0.717, 1.165) is 18.2 Å². The average molecular weight is 256 g/mol. The van der Waals surface area contributed by atoms with Crippen LogP contribution in [0.25, 0.3) is 11.7 Å². The molecule has 0 saturated carbocycles. The third-order valence-corrected chi connectivity index (χ3v) is 2.27. The van der Waals surface area contributed by atoms with Crippen molar-refractivity contribution in [3.8, 4) is 0 Å². The number of imidazole rings is 1. The molecule has 0 atom stereocenters. The summed E-state index contributed by atoms with van der Waals surface area (Å²) in [5, 5.41) is 8.47. The minimum atomic E-state index is -4.43. The second kappa shape index (κ2) is 4.17. The van der Waals surface area contributed by atoms with E-state index in [1.165, 1.54) is 22.9 Å². The number of carboxylic acids is 1. The average Bonchev–Trinajstić information content (AvgIpc) is 2.67. The van der Waals surface area contributed by atoms with Gasteiger partial charge in [0.15, 0.2) is 0 Å². The number of hydrogen-bond donors (Lipinski definition) is 1. The Kier molecular flexibility index (Phi) is 2.82. The predicted octanol–water partition coefficient (Wildman–Crippen LogP) is 2.45.